The Morgan fingerprint density at radius 2 is 1.42 bits per heavy atom. The molecule has 0 rings (SSSR count). The van der Waals surface area contributed by atoms with Gasteiger partial charge in [-0.15, -0.1) is 0 Å². The summed E-state index contributed by atoms with van der Waals surface area (Å²) in [5, 5.41) is 8.83. The number of carboxylic acid groups (broad SMARTS) is 1. The second kappa shape index (κ2) is 12.3. The number of unbranched alkanes of at least 4 members (excludes halogenated alkanes) is 3. The van der Waals surface area contributed by atoms with E-state index in [1.165, 1.54) is 57.4 Å². The monoisotopic (exact) mass is 268 g/mol. The summed E-state index contributed by atoms with van der Waals surface area (Å²) in [6.07, 6.45) is 14.3. The molecule has 0 aliphatic carbocycles. The van der Waals surface area contributed by atoms with Gasteiger partial charge in [0.15, 0.2) is 0 Å². The molecule has 0 heterocycles. The third-order valence-electron chi connectivity index (χ3n) is 3.84. The highest BCUT2D eigenvalue weighted by atomic mass is 16.4. The third kappa shape index (κ3) is 9.75. The van der Waals surface area contributed by atoms with E-state index in [0.29, 0.717) is 11.8 Å². The van der Waals surface area contributed by atoms with Gasteiger partial charge in [0.1, 0.15) is 0 Å². The van der Waals surface area contributed by atoms with Gasteiger partial charge in [0, 0.05) is 6.08 Å². The maximum atomic E-state index is 10.7. The summed E-state index contributed by atoms with van der Waals surface area (Å²) in [7, 11) is 0. The van der Waals surface area contributed by atoms with Crippen molar-refractivity contribution in [1.82, 2.24) is 0 Å². The van der Waals surface area contributed by atoms with Crippen molar-refractivity contribution in [2.75, 3.05) is 0 Å². The number of hydrogen-bond acceptors (Lipinski definition) is 1. The Bertz CT molecular complexity index is 238. The first-order chi connectivity index (χ1) is 9.15. The van der Waals surface area contributed by atoms with Gasteiger partial charge in [0.25, 0.3) is 0 Å². The molecule has 0 aliphatic rings. The number of allylic oxidation sites excluding steroid dienone is 1. The van der Waals surface area contributed by atoms with E-state index >= 15 is 0 Å². The van der Waals surface area contributed by atoms with Crippen molar-refractivity contribution in [2.24, 2.45) is 11.8 Å². The molecule has 1 unspecified atom stereocenters. The molecule has 0 saturated carbocycles. The first-order valence-electron chi connectivity index (χ1n) is 8.06. The van der Waals surface area contributed by atoms with E-state index in [-0.39, 0.29) is 0 Å². The number of aliphatic carboxylic acids is 1. The number of carboxylic acids is 1. The van der Waals surface area contributed by atoms with Gasteiger partial charge in [-0.1, -0.05) is 65.4 Å². The van der Waals surface area contributed by atoms with Crippen molar-refractivity contribution in [2.45, 2.75) is 78.6 Å². The molecule has 112 valence electrons. The normalized spacial score (nSPS) is 13.3. The zero-order valence-corrected chi connectivity index (χ0v) is 13.0. The summed E-state index contributed by atoms with van der Waals surface area (Å²) in [6, 6.07) is 0. The summed E-state index contributed by atoms with van der Waals surface area (Å²) in [4.78, 5) is 10.7. The van der Waals surface area contributed by atoms with Crippen molar-refractivity contribution >= 4 is 5.97 Å². The van der Waals surface area contributed by atoms with Crippen molar-refractivity contribution in [1.29, 1.82) is 0 Å². The van der Waals surface area contributed by atoms with E-state index in [9.17, 15) is 4.79 Å². The summed E-state index contributed by atoms with van der Waals surface area (Å²) in [5.41, 5.74) is 0. The van der Waals surface area contributed by atoms with Crippen LogP contribution in [0.2, 0.25) is 0 Å². The molecule has 0 aromatic heterocycles. The third-order valence-corrected chi connectivity index (χ3v) is 3.84. The first-order valence-corrected chi connectivity index (χ1v) is 8.06. The first kappa shape index (κ1) is 18.2. The van der Waals surface area contributed by atoms with E-state index in [2.05, 4.69) is 20.8 Å². The smallest absolute Gasteiger partial charge is 0.327 e. The second-order valence-corrected chi connectivity index (χ2v) is 5.55. The van der Waals surface area contributed by atoms with Crippen LogP contribution in [0.3, 0.4) is 0 Å². The van der Waals surface area contributed by atoms with Crippen molar-refractivity contribution in [3.8, 4) is 0 Å². The quantitative estimate of drug-likeness (QED) is 0.479. The molecule has 0 aromatic rings. The predicted molar refractivity (Wildman–Crippen MR) is 82.3 cm³/mol. The molecular weight excluding hydrogens is 236 g/mol. The fourth-order valence-corrected chi connectivity index (χ4v) is 2.64. The molecule has 1 N–H and O–H groups in total. The van der Waals surface area contributed by atoms with Crippen LogP contribution < -0.4 is 0 Å². The molecule has 0 bridgehead atoms. The van der Waals surface area contributed by atoms with E-state index in [0.717, 1.165) is 6.42 Å². The minimum atomic E-state index is -0.814. The topological polar surface area (TPSA) is 37.3 Å². The molecule has 0 aliphatic heterocycles. The maximum absolute atomic E-state index is 10.7. The second-order valence-electron chi connectivity index (χ2n) is 5.55. The van der Waals surface area contributed by atoms with Gasteiger partial charge in [-0.25, -0.2) is 4.79 Å². The SMILES string of the molecule is CCCCC(C=CC(=O)O)C(CCCC)CCCC. The Morgan fingerprint density at radius 3 is 1.84 bits per heavy atom. The molecule has 2 heteroatoms. The van der Waals surface area contributed by atoms with Crippen LogP contribution in [-0.4, -0.2) is 11.1 Å². The molecule has 0 aromatic carbocycles. The predicted octanol–water partition coefficient (Wildman–Crippen LogP) is 5.43. The molecule has 0 radical (unpaired) electrons. The Morgan fingerprint density at radius 1 is 0.947 bits per heavy atom. The zero-order chi connectivity index (χ0) is 14.5. The van der Waals surface area contributed by atoms with Crippen LogP contribution in [0.1, 0.15) is 78.6 Å². The molecule has 0 spiro atoms. The number of carbonyl (C=O) groups is 1. The van der Waals surface area contributed by atoms with Crippen LogP contribution in [0.25, 0.3) is 0 Å². The molecule has 1 atom stereocenters. The van der Waals surface area contributed by atoms with Gasteiger partial charge in [-0.2, -0.15) is 0 Å². The van der Waals surface area contributed by atoms with Gasteiger partial charge in [0.05, 0.1) is 0 Å². The molecular formula is C17H32O2. The van der Waals surface area contributed by atoms with Gasteiger partial charge in [0.2, 0.25) is 0 Å². The molecule has 0 amide bonds. The van der Waals surface area contributed by atoms with Crippen LogP contribution in [0.5, 0.6) is 0 Å². The molecule has 19 heavy (non-hydrogen) atoms. The van der Waals surface area contributed by atoms with E-state index in [1.54, 1.807) is 0 Å². The minimum Gasteiger partial charge on any atom is -0.478 e. The molecule has 0 fully saturated rings. The fraction of sp³-hybridized carbons (Fsp3) is 0.824. The van der Waals surface area contributed by atoms with Crippen molar-refractivity contribution < 1.29 is 9.90 Å². The van der Waals surface area contributed by atoms with E-state index in [4.69, 9.17) is 5.11 Å². The highest BCUT2D eigenvalue weighted by molar-refractivity contribution is 5.79. The standard InChI is InChI=1S/C17H32O2/c1-4-7-10-15(11-8-5-2)16(12-9-6-3)13-14-17(18)19/h13-16H,4-12H2,1-3H3,(H,18,19). The summed E-state index contributed by atoms with van der Waals surface area (Å²) in [6.45, 7) is 6.65. The Hall–Kier alpha value is -0.790. The van der Waals surface area contributed by atoms with Crippen LogP contribution in [0, 0.1) is 11.8 Å². The van der Waals surface area contributed by atoms with Crippen LogP contribution in [0.15, 0.2) is 12.2 Å². The zero-order valence-electron chi connectivity index (χ0n) is 13.0. The van der Waals surface area contributed by atoms with Crippen LogP contribution >= 0.6 is 0 Å². The average molecular weight is 268 g/mol. The van der Waals surface area contributed by atoms with Crippen molar-refractivity contribution in [3.05, 3.63) is 12.2 Å². The van der Waals surface area contributed by atoms with Crippen LogP contribution in [0.4, 0.5) is 0 Å². The number of rotatable bonds is 12. The summed E-state index contributed by atoms with van der Waals surface area (Å²) < 4.78 is 0. The highest BCUT2D eigenvalue weighted by Gasteiger charge is 2.18. The van der Waals surface area contributed by atoms with E-state index < -0.39 is 5.97 Å². The molecule has 2 nitrogen and oxygen atoms in total. The Labute approximate surface area is 119 Å². The van der Waals surface area contributed by atoms with Crippen LogP contribution in [-0.2, 0) is 4.79 Å². The van der Waals surface area contributed by atoms with Gasteiger partial charge in [-0.05, 0) is 31.1 Å². The lowest BCUT2D eigenvalue weighted by molar-refractivity contribution is -0.131. The molecule has 0 saturated heterocycles. The lowest BCUT2D eigenvalue weighted by Crippen LogP contribution is -2.14. The van der Waals surface area contributed by atoms with Gasteiger partial charge in [-0.3, -0.25) is 0 Å². The largest absolute Gasteiger partial charge is 0.478 e. The fourth-order valence-electron chi connectivity index (χ4n) is 2.64. The maximum Gasteiger partial charge on any atom is 0.327 e. The van der Waals surface area contributed by atoms with Gasteiger partial charge < -0.3 is 5.11 Å². The minimum absolute atomic E-state index is 0.453. The lowest BCUT2D eigenvalue weighted by atomic mass is 9.81. The Kier molecular flexibility index (Phi) is 11.7. The summed E-state index contributed by atoms with van der Waals surface area (Å²) in [5.74, 6) is 0.308. The van der Waals surface area contributed by atoms with Crippen molar-refractivity contribution in [3.63, 3.8) is 0 Å². The summed E-state index contributed by atoms with van der Waals surface area (Å²) >= 11 is 0. The lowest BCUT2D eigenvalue weighted by Gasteiger charge is -2.24. The van der Waals surface area contributed by atoms with Gasteiger partial charge >= 0.3 is 5.97 Å². The van der Waals surface area contributed by atoms with E-state index in [1.807, 2.05) is 6.08 Å². The average Bonchev–Trinajstić information content (AvgIpc) is 2.40. The number of hydrogen-bond donors (Lipinski definition) is 1. The highest BCUT2D eigenvalue weighted by Crippen LogP contribution is 2.29. The Balaban J connectivity index is 4.60.